The minimum Gasteiger partial charge on any atom is -0.811 e. The molecule has 0 saturated heterocycles. The second kappa shape index (κ2) is 2.41. The van der Waals surface area contributed by atoms with Gasteiger partial charge in [-0.3, -0.25) is 0 Å². The monoisotopic (exact) mass is 148 g/mol. The highest BCUT2D eigenvalue weighted by atomic mass is 31.2. The van der Waals surface area contributed by atoms with Crippen molar-refractivity contribution in [3.63, 3.8) is 0 Å². The Morgan fingerprint density at radius 2 is 1.67 bits per heavy atom. The molecule has 0 aromatic heterocycles. The van der Waals surface area contributed by atoms with E-state index in [1.54, 1.807) is 0 Å². The normalized spacial score (nSPS) is 22.9. The second-order valence-corrected chi connectivity index (χ2v) is 4.29. The van der Waals surface area contributed by atoms with Crippen molar-refractivity contribution in [3.8, 4) is 0 Å². The first kappa shape index (κ1) is 7.26. The molecule has 9 heavy (non-hydrogen) atoms. The standard InChI is InChI=1S/C5H11O3P/c6-9(7,8)5-3-1-2-4-5/h5H,1-4H2,(H2,6,7,8)/p-2. The van der Waals surface area contributed by atoms with Crippen molar-refractivity contribution in [2.24, 2.45) is 0 Å². The van der Waals surface area contributed by atoms with Gasteiger partial charge in [0, 0.05) is 0 Å². The van der Waals surface area contributed by atoms with E-state index in [1.165, 1.54) is 0 Å². The molecule has 0 heterocycles. The van der Waals surface area contributed by atoms with Crippen LogP contribution in [0.2, 0.25) is 0 Å². The zero-order chi connectivity index (χ0) is 6.91. The smallest absolute Gasteiger partial charge is 0.0134 e. The lowest BCUT2D eigenvalue weighted by molar-refractivity contribution is -0.316. The Labute approximate surface area is 54.2 Å². The Kier molecular flexibility index (Phi) is 1.94. The van der Waals surface area contributed by atoms with Crippen LogP contribution in [0, 0.1) is 0 Å². The summed E-state index contributed by atoms with van der Waals surface area (Å²) in [5.74, 6) is 0. The van der Waals surface area contributed by atoms with Crippen LogP contribution in [0.25, 0.3) is 0 Å². The lowest BCUT2D eigenvalue weighted by atomic mass is 10.4. The molecule has 4 heteroatoms. The molecule has 0 N–H and O–H groups in total. The van der Waals surface area contributed by atoms with E-state index in [9.17, 15) is 14.4 Å². The highest BCUT2D eigenvalue weighted by Gasteiger charge is 2.17. The third-order valence-corrected chi connectivity index (χ3v) is 3.18. The lowest BCUT2D eigenvalue weighted by Gasteiger charge is -2.35. The molecule has 1 saturated carbocycles. The lowest BCUT2D eigenvalue weighted by Crippen LogP contribution is -2.23. The van der Waals surface area contributed by atoms with E-state index in [0.717, 1.165) is 12.8 Å². The van der Waals surface area contributed by atoms with Crippen molar-refractivity contribution in [1.29, 1.82) is 0 Å². The third kappa shape index (κ3) is 1.78. The van der Waals surface area contributed by atoms with Gasteiger partial charge in [0.15, 0.2) is 0 Å². The highest BCUT2D eigenvalue weighted by molar-refractivity contribution is 7.49. The highest BCUT2D eigenvalue weighted by Crippen LogP contribution is 2.41. The fourth-order valence-electron chi connectivity index (χ4n) is 1.22. The average molecular weight is 148 g/mol. The number of rotatable bonds is 1. The van der Waals surface area contributed by atoms with Crippen LogP contribution in [0.1, 0.15) is 25.7 Å². The minimum absolute atomic E-state index is 0.544. The average Bonchev–Trinajstić information content (AvgIpc) is 2.08. The summed E-state index contributed by atoms with van der Waals surface area (Å²) in [5, 5.41) is 0. The summed E-state index contributed by atoms with van der Waals surface area (Å²) in [7, 11) is -4.21. The van der Waals surface area contributed by atoms with Crippen molar-refractivity contribution in [2.75, 3.05) is 0 Å². The first-order chi connectivity index (χ1) is 4.11. The summed E-state index contributed by atoms with van der Waals surface area (Å²) in [6, 6.07) is 0. The summed E-state index contributed by atoms with van der Waals surface area (Å²) < 4.78 is 10.3. The van der Waals surface area contributed by atoms with Gasteiger partial charge in [-0.05, 0) is 18.5 Å². The molecule has 0 bridgehead atoms. The zero-order valence-corrected chi connectivity index (χ0v) is 5.97. The van der Waals surface area contributed by atoms with Gasteiger partial charge in [0.25, 0.3) is 0 Å². The largest absolute Gasteiger partial charge is 0.811 e. The van der Waals surface area contributed by atoms with E-state index in [-0.39, 0.29) is 0 Å². The van der Waals surface area contributed by atoms with Crippen LogP contribution >= 0.6 is 7.60 Å². The number of hydrogen-bond acceptors (Lipinski definition) is 3. The fraction of sp³-hybridized carbons (Fsp3) is 1.00. The Morgan fingerprint density at radius 1 is 1.22 bits per heavy atom. The van der Waals surface area contributed by atoms with E-state index in [0.29, 0.717) is 12.8 Å². The maximum atomic E-state index is 10.3. The van der Waals surface area contributed by atoms with E-state index in [4.69, 9.17) is 0 Å². The molecule has 0 aliphatic heterocycles. The Hall–Kier alpha value is 0.150. The van der Waals surface area contributed by atoms with Crippen LogP contribution in [0.3, 0.4) is 0 Å². The van der Waals surface area contributed by atoms with Crippen molar-refractivity contribution in [2.45, 2.75) is 31.3 Å². The first-order valence-electron chi connectivity index (χ1n) is 3.12. The number of hydrogen-bond donors (Lipinski definition) is 0. The van der Waals surface area contributed by atoms with Gasteiger partial charge in [-0.1, -0.05) is 20.4 Å². The van der Waals surface area contributed by atoms with Gasteiger partial charge in [-0.15, -0.1) is 0 Å². The molecule has 54 valence electrons. The molecule has 0 radical (unpaired) electrons. The molecule has 0 aromatic carbocycles. The van der Waals surface area contributed by atoms with Gasteiger partial charge < -0.3 is 14.4 Å². The molecule has 0 aromatic rings. The predicted molar refractivity (Wildman–Crippen MR) is 29.9 cm³/mol. The molecule has 0 spiro atoms. The zero-order valence-electron chi connectivity index (χ0n) is 5.08. The van der Waals surface area contributed by atoms with Gasteiger partial charge >= 0.3 is 0 Å². The minimum atomic E-state index is -4.21. The second-order valence-electron chi connectivity index (χ2n) is 2.48. The van der Waals surface area contributed by atoms with Crippen LogP contribution in [0.15, 0.2) is 0 Å². The molecule has 1 fully saturated rings. The Morgan fingerprint density at radius 3 is 1.89 bits per heavy atom. The SMILES string of the molecule is O=P([O-])([O-])C1CCCC1. The van der Waals surface area contributed by atoms with Crippen LogP contribution in [0.5, 0.6) is 0 Å². The molecular weight excluding hydrogens is 139 g/mol. The van der Waals surface area contributed by atoms with Gasteiger partial charge in [-0.2, -0.15) is 0 Å². The van der Waals surface area contributed by atoms with Crippen LogP contribution in [-0.2, 0) is 4.57 Å². The summed E-state index contributed by atoms with van der Waals surface area (Å²) in [6.45, 7) is 0. The molecule has 1 aliphatic carbocycles. The molecule has 0 amide bonds. The maximum absolute atomic E-state index is 10.3. The molecule has 1 aliphatic rings. The fourth-order valence-corrected chi connectivity index (χ4v) is 2.22. The topological polar surface area (TPSA) is 63.2 Å². The Bertz CT molecular complexity index is 133. The third-order valence-electron chi connectivity index (χ3n) is 1.77. The van der Waals surface area contributed by atoms with E-state index in [1.807, 2.05) is 0 Å². The predicted octanol–water partition coefficient (Wildman–Crippen LogP) is -0.157. The van der Waals surface area contributed by atoms with Gasteiger partial charge in [-0.25, -0.2) is 0 Å². The quantitative estimate of drug-likeness (QED) is 0.485. The summed E-state index contributed by atoms with van der Waals surface area (Å²) in [5.41, 5.74) is -0.544. The van der Waals surface area contributed by atoms with Crippen molar-refractivity contribution in [3.05, 3.63) is 0 Å². The molecule has 3 nitrogen and oxygen atoms in total. The van der Waals surface area contributed by atoms with Gasteiger partial charge in [0.1, 0.15) is 0 Å². The van der Waals surface area contributed by atoms with Gasteiger partial charge in [0.2, 0.25) is 0 Å². The van der Waals surface area contributed by atoms with Crippen molar-refractivity contribution < 1.29 is 14.4 Å². The van der Waals surface area contributed by atoms with Crippen LogP contribution in [0.4, 0.5) is 0 Å². The first-order valence-corrected chi connectivity index (χ1v) is 4.73. The Balaban J connectivity index is 2.52. The van der Waals surface area contributed by atoms with Crippen molar-refractivity contribution in [1.82, 2.24) is 0 Å². The van der Waals surface area contributed by atoms with Crippen LogP contribution in [-0.4, -0.2) is 5.66 Å². The molecule has 0 unspecified atom stereocenters. The molecule has 1 rings (SSSR count). The van der Waals surface area contributed by atoms with E-state index in [2.05, 4.69) is 0 Å². The molecule has 0 atom stereocenters. The van der Waals surface area contributed by atoms with Gasteiger partial charge in [0.05, 0.1) is 0 Å². The molecular formula is C5H9O3P-2. The van der Waals surface area contributed by atoms with Crippen molar-refractivity contribution >= 4 is 7.60 Å². The summed E-state index contributed by atoms with van der Waals surface area (Å²) in [6.07, 6.45) is 2.98. The van der Waals surface area contributed by atoms with E-state index < -0.39 is 13.3 Å². The maximum Gasteiger partial charge on any atom is -0.0134 e. The summed E-state index contributed by atoms with van der Waals surface area (Å²) >= 11 is 0. The summed E-state index contributed by atoms with van der Waals surface area (Å²) in [4.78, 5) is 20.6. The van der Waals surface area contributed by atoms with Crippen LogP contribution < -0.4 is 9.79 Å². The van der Waals surface area contributed by atoms with E-state index >= 15 is 0 Å².